The van der Waals surface area contributed by atoms with Gasteiger partial charge in [-0.25, -0.2) is 14.9 Å². The maximum absolute atomic E-state index is 12.7. The Labute approximate surface area is 461 Å². The van der Waals surface area contributed by atoms with E-state index in [9.17, 15) is 14.4 Å². The summed E-state index contributed by atoms with van der Waals surface area (Å²) in [7, 11) is 5.07. The molecular weight excluding hydrogens is 1030 g/mol. The molecule has 17 nitrogen and oxygen atoms in total. The van der Waals surface area contributed by atoms with Crippen molar-refractivity contribution in [3.63, 3.8) is 0 Å². The van der Waals surface area contributed by atoms with Crippen molar-refractivity contribution in [3.8, 4) is 45.9 Å². The van der Waals surface area contributed by atoms with E-state index in [4.69, 9.17) is 24.2 Å². The number of benzene rings is 4. The number of phenols is 2. The Balaban J connectivity index is 0.000000175. The van der Waals surface area contributed by atoms with Crippen LogP contribution in [0.4, 0.5) is 0 Å². The Morgan fingerprint density at radius 1 is 0.590 bits per heavy atom. The number of ether oxygens (including phenoxy) is 4. The van der Waals surface area contributed by atoms with Crippen molar-refractivity contribution < 1.29 is 43.5 Å². The lowest BCUT2D eigenvalue weighted by Crippen LogP contribution is -2.15. The Hall–Kier alpha value is -7.84. The highest BCUT2D eigenvalue weighted by atomic mass is 32.2. The first-order valence-electron chi connectivity index (χ1n) is 24.9. The molecule has 0 radical (unpaired) electrons. The number of aryl methyl sites for hydroxylation is 2. The third-order valence-electron chi connectivity index (χ3n) is 11.7. The van der Waals surface area contributed by atoms with Crippen molar-refractivity contribution in [3.05, 3.63) is 143 Å². The topological polar surface area (TPSA) is 233 Å². The predicted octanol–water partition coefficient (Wildman–Crippen LogP) is 13.3. The molecule has 6 heterocycles. The maximum atomic E-state index is 12.7. The summed E-state index contributed by atoms with van der Waals surface area (Å²) in [5.41, 5.74) is 9.33. The van der Waals surface area contributed by atoms with E-state index in [1.54, 1.807) is 91.4 Å². The normalized spacial score (nSPS) is 11.3. The number of hydrogen-bond donors (Lipinski definition) is 5. The molecule has 6 aromatic heterocycles. The largest absolute Gasteiger partial charge is 0.507 e. The number of hydrogen-bond acceptors (Lipinski definition) is 16. The maximum Gasteiger partial charge on any atom is 0.215 e. The number of nitrogens with one attached hydrogen (secondary N) is 2. The second kappa shape index (κ2) is 27.5. The predicted molar refractivity (Wildman–Crippen MR) is 311 cm³/mol. The molecule has 78 heavy (non-hydrogen) atoms. The first-order valence-corrected chi connectivity index (χ1v) is 27.2. The number of rotatable bonds is 11. The molecule has 19 heteroatoms. The molecule has 0 aliphatic carbocycles. The number of aromatic hydroxyl groups is 2. The van der Waals surface area contributed by atoms with Gasteiger partial charge in [-0.05, 0) is 94.3 Å². The van der Waals surface area contributed by atoms with Crippen LogP contribution in [0.25, 0.3) is 55.0 Å². The van der Waals surface area contributed by atoms with Crippen LogP contribution >= 0.6 is 11.8 Å². The summed E-state index contributed by atoms with van der Waals surface area (Å²) in [6.45, 7) is 17.4. The highest BCUT2D eigenvalue weighted by molar-refractivity contribution is 7.98. The van der Waals surface area contributed by atoms with Crippen LogP contribution < -0.4 is 18.9 Å². The van der Waals surface area contributed by atoms with Gasteiger partial charge in [-0.15, -0.1) is 0 Å². The van der Waals surface area contributed by atoms with Gasteiger partial charge in [0.15, 0.2) is 21.6 Å². The van der Waals surface area contributed by atoms with Gasteiger partial charge in [0.05, 0.1) is 73.0 Å². The molecule has 10 aromatic rings. The summed E-state index contributed by atoms with van der Waals surface area (Å²) in [5, 5.41) is 33.9. The van der Waals surface area contributed by atoms with E-state index in [1.807, 2.05) is 107 Å². The minimum atomic E-state index is -1.37. The monoisotopic (exact) mass is 1100 g/mol. The fraction of sp³-hybridized carbons (Fsp3) is 0.288. The van der Waals surface area contributed by atoms with Crippen molar-refractivity contribution in [2.24, 2.45) is 0 Å². The highest BCUT2D eigenvalue weighted by Crippen LogP contribution is 2.44. The molecule has 0 spiro atoms. The lowest BCUT2D eigenvalue weighted by atomic mass is 9.92. The number of thioether (sulfide) groups is 1. The Morgan fingerprint density at radius 2 is 1.04 bits per heavy atom. The van der Waals surface area contributed by atoms with Gasteiger partial charge < -0.3 is 39.1 Å². The molecule has 0 saturated heterocycles. The fourth-order valence-electron chi connectivity index (χ4n) is 7.92. The molecule has 10 rings (SSSR count). The van der Waals surface area contributed by atoms with E-state index in [2.05, 4.69) is 58.6 Å². The molecule has 0 fully saturated rings. The summed E-state index contributed by atoms with van der Waals surface area (Å²) in [6, 6.07) is 30.1. The molecular formula is C59H68N8O9S2. The van der Waals surface area contributed by atoms with Gasteiger partial charge in [-0.3, -0.25) is 19.4 Å². The summed E-state index contributed by atoms with van der Waals surface area (Å²) in [6.07, 6.45) is 4.82. The average Bonchev–Trinajstić information content (AvgIpc) is 4.08. The molecule has 5 N–H and O–H groups in total. The van der Waals surface area contributed by atoms with Crippen molar-refractivity contribution in [2.45, 2.75) is 96.2 Å². The molecule has 0 bridgehead atoms. The van der Waals surface area contributed by atoms with Gasteiger partial charge in [-0.1, -0.05) is 92.7 Å². The summed E-state index contributed by atoms with van der Waals surface area (Å²) >= 11 is 1.59. The van der Waals surface area contributed by atoms with E-state index in [-0.39, 0.29) is 17.3 Å². The minimum absolute atomic E-state index is 0.172. The standard InChI is InChI=1S/C20H14O2.C16H18N4O3S.C16H18N4O2S.C4H10O2.C3H8/c21-17-11-9-13-5-1-3-7-15(13)19(17)20-16-8-4-2-6-14(16)10-12-18(20)22;1-9-7-17-12(10(2)14(9)23-4)8-24(21)16-18-11-5-6-13(22-3)19-15(11)20-16;1-9-7-17-12(10(2)14(9)22-4)8-23-16-18-11-5-6-13(21-3)19-15(11)20-16;1-4(2,3)6-5;1-3-2/h1-12,21-22H;5-7H,8H2,1-4H3,(H,18,19,20);5-7H,8H2,1-4H3,(H,18,19,20);5H,1-3H3;3H2,1-2H3. The van der Waals surface area contributed by atoms with E-state index in [1.165, 1.54) is 6.42 Å². The van der Waals surface area contributed by atoms with Gasteiger partial charge in [0.1, 0.15) is 23.0 Å². The Kier molecular flexibility index (Phi) is 20.9. The van der Waals surface area contributed by atoms with Crippen molar-refractivity contribution in [2.75, 3.05) is 28.4 Å². The number of phenolic OH excluding ortho intramolecular Hbond substituents is 2. The van der Waals surface area contributed by atoms with Crippen LogP contribution in [-0.2, 0) is 27.2 Å². The van der Waals surface area contributed by atoms with Gasteiger partial charge >= 0.3 is 0 Å². The third kappa shape index (κ3) is 14.8. The van der Waals surface area contributed by atoms with E-state index in [0.717, 1.165) is 77.4 Å². The highest BCUT2D eigenvalue weighted by Gasteiger charge is 2.19. The number of pyridine rings is 4. The zero-order valence-electron chi connectivity index (χ0n) is 46.3. The third-order valence-corrected chi connectivity index (χ3v) is 13.7. The second-order valence-electron chi connectivity index (χ2n) is 18.7. The molecule has 0 amide bonds. The van der Waals surface area contributed by atoms with E-state index >= 15 is 0 Å². The van der Waals surface area contributed by atoms with Crippen LogP contribution in [0.15, 0.2) is 120 Å². The molecule has 410 valence electrons. The van der Waals surface area contributed by atoms with E-state index < -0.39 is 16.4 Å². The molecule has 1 unspecified atom stereocenters. The summed E-state index contributed by atoms with van der Waals surface area (Å²) in [4.78, 5) is 36.4. The fourth-order valence-corrected chi connectivity index (χ4v) is 9.90. The van der Waals surface area contributed by atoms with Crippen molar-refractivity contribution in [1.82, 2.24) is 39.9 Å². The van der Waals surface area contributed by atoms with E-state index in [0.29, 0.717) is 50.6 Å². The lowest BCUT2D eigenvalue weighted by molar-refractivity contribution is -0.306. The number of fused-ring (bicyclic) bond motifs is 4. The summed E-state index contributed by atoms with van der Waals surface area (Å²) in [5.74, 6) is 3.99. The molecule has 1 atom stereocenters. The van der Waals surface area contributed by atoms with Gasteiger partial charge in [0.25, 0.3) is 0 Å². The van der Waals surface area contributed by atoms with Crippen LogP contribution in [0.1, 0.15) is 74.7 Å². The van der Waals surface area contributed by atoms with Crippen LogP contribution in [-0.4, -0.2) is 93.6 Å². The van der Waals surface area contributed by atoms with Crippen LogP contribution in [0.5, 0.6) is 34.8 Å². The van der Waals surface area contributed by atoms with Crippen LogP contribution in [0.3, 0.4) is 0 Å². The average molecular weight is 1100 g/mol. The first kappa shape index (κ1) is 59.4. The Bertz CT molecular complexity index is 3570. The quantitative estimate of drug-likeness (QED) is 0.0460. The van der Waals surface area contributed by atoms with Gasteiger partial charge in [0.2, 0.25) is 11.8 Å². The van der Waals surface area contributed by atoms with Gasteiger partial charge in [0, 0.05) is 63.7 Å². The number of nitrogens with zero attached hydrogens (tertiary/aromatic N) is 6. The van der Waals surface area contributed by atoms with Crippen LogP contribution in [0.2, 0.25) is 0 Å². The summed E-state index contributed by atoms with van der Waals surface area (Å²) < 4.78 is 33.7. The lowest BCUT2D eigenvalue weighted by Gasteiger charge is -2.14. The minimum Gasteiger partial charge on any atom is -0.507 e. The molecule has 0 saturated carbocycles. The van der Waals surface area contributed by atoms with Crippen LogP contribution in [0, 0.1) is 27.7 Å². The number of methoxy groups -OCH3 is 4. The van der Waals surface area contributed by atoms with Crippen molar-refractivity contribution >= 4 is 66.4 Å². The number of aromatic nitrogens is 8. The smallest absolute Gasteiger partial charge is 0.215 e. The van der Waals surface area contributed by atoms with Crippen molar-refractivity contribution in [1.29, 1.82) is 0 Å². The Morgan fingerprint density at radius 3 is 1.51 bits per heavy atom. The molecule has 0 aliphatic rings. The number of H-pyrrole nitrogens is 2. The first-order chi connectivity index (χ1) is 37.4. The SMILES string of the molecule is CC(C)(C)OO.CCC.COc1ccc2[nH]c(S(=O)Cc3ncc(C)c(OC)c3C)nc2n1.COc1ccc2[nH]c(SCc3ncc(C)c(OC)c3C)nc2n1.Oc1ccc2ccccc2c1-c1c(O)ccc2ccccc12. The second-order valence-corrected chi connectivity index (χ2v) is 21.0. The molecule has 0 aliphatic heterocycles. The number of imidazole rings is 2. The number of aromatic amines is 2. The molecule has 4 aromatic carbocycles. The zero-order chi connectivity index (χ0) is 56.7. The van der Waals surface area contributed by atoms with Gasteiger partial charge in [-0.2, -0.15) is 9.97 Å². The zero-order valence-corrected chi connectivity index (χ0v) is 47.9.